The number of nitro groups is 1. The molecule has 1 aromatic carbocycles. The fourth-order valence-electron chi connectivity index (χ4n) is 4.30. The van der Waals surface area contributed by atoms with E-state index in [0.717, 1.165) is 31.2 Å². The Bertz CT molecular complexity index is 1430. The summed E-state index contributed by atoms with van der Waals surface area (Å²) in [7, 11) is 2.75. The van der Waals surface area contributed by atoms with Gasteiger partial charge in [-0.15, -0.1) is 11.3 Å². The average molecular weight is 468 g/mol. The van der Waals surface area contributed by atoms with Gasteiger partial charge in [0, 0.05) is 16.5 Å². The lowest BCUT2D eigenvalue weighted by Crippen LogP contribution is -2.09. The summed E-state index contributed by atoms with van der Waals surface area (Å²) in [5.41, 5.74) is 1.16. The number of benzene rings is 1. The van der Waals surface area contributed by atoms with E-state index in [9.17, 15) is 14.9 Å². The third kappa shape index (κ3) is 3.66. The molecule has 0 spiro atoms. The van der Waals surface area contributed by atoms with Crippen molar-refractivity contribution < 1.29 is 18.8 Å². The minimum atomic E-state index is -0.539. The zero-order valence-corrected chi connectivity index (χ0v) is 18.9. The van der Waals surface area contributed by atoms with Gasteiger partial charge in [-0.3, -0.25) is 14.9 Å². The fourth-order valence-corrected chi connectivity index (χ4v) is 5.56. The minimum absolute atomic E-state index is 0.0342. The van der Waals surface area contributed by atoms with Crippen molar-refractivity contribution in [3.05, 3.63) is 55.2 Å². The number of aryl methyl sites for hydroxylation is 2. The molecule has 0 fully saturated rings. The van der Waals surface area contributed by atoms with Crippen LogP contribution in [-0.2, 0) is 12.8 Å². The molecule has 0 atom stereocenters. The van der Waals surface area contributed by atoms with Crippen LogP contribution in [0.4, 0.5) is 5.69 Å². The quantitative estimate of drug-likeness (QED) is 0.246. The van der Waals surface area contributed by atoms with Crippen LogP contribution in [0.5, 0.6) is 11.5 Å². The van der Waals surface area contributed by atoms with Crippen molar-refractivity contribution in [2.24, 2.45) is 0 Å². The van der Waals surface area contributed by atoms with E-state index in [1.165, 1.54) is 31.6 Å². The number of ether oxygens (including phenoxy) is 2. The Morgan fingerprint density at radius 3 is 2.67 bits per heavy atom. The van der Waals surface area contributed by atoms with Crippen LogP contribution in [0.3, 0.4) is 0 Å². The molecule has 1 N–H and O–H groups in total. The van der Waals surface area contributed by atoms with E-state index in [-0.39, 0.29) is 22.7 Å². The van der Waals surface area contributed by atoms with Crippen LogP contribution >= 0.6 is 11.3 Å². The molecule has 3 aromatic heterocycles. The summed E-state index contributed by atoms with van der Waals surface area (Å²) in [4.78, 5) is 33.4. The number of nitrogens with one attached hydrogen (secondary N) is 1. The summed E-state index contributed by atoms with van der Waals surface area (Å²) in [5, 5.41) is 12.2. The second-order valence-corrected chi connectivity index (χ2v) is 8.89. The number of methoxy groups -OCH3 is 2. The Morgan fingerprint density at radius 1 is 1.12 bits per heavy atom. The van der Waals surface area contributed by atoms with Crippen LogP contribution in [0, 0.1) is 10.1 Å². The van der Waals surface area contributed by atoms with E-state index >= 15 is 0 Å². The van der Waals surface area contributed by atoms with Crippen LogP contribution in [-0.4, -0.2) is 29.1 Å². The monoisotopic (exact) mass is 467 g/mol. The third-order valence-corrected chi connectivity index (χ3v) is 7.04. The number of rotatable bonds is 5. The van der Waals surface area contributed by atoms with Crippen LogP contribution in [0.1, 0.15) is 29.7 Å². The topological polar surface area (TPSA) is 120 Å². The van der Waals surface area contributed by atoms with Gasteiger partial charge in [0.25, 0.3) is 5.56 Å². The van der Waals surface area contributed by atoms with E-state index in [1.807, 2.05) is 0 Å². The molecule has 4 aromatic rings. The minimum Gasteiger partial charge on any atom is -0.493 e. The van der Waals surface area contributed by atoms with Crippen molar-refractivity contribution in [1.29, 1.82) is 0 Å². The molecule has 10 heteroatoms. The first kappa shape index (κ1) is 21.2. The summed E-state index contributed by atoms with van der Waals surface area (Å²) < 4.78 is 16.4. The first-order valence-electron chi connectivity index (χ1n) is 10.6. The fraction of sp³-hybridized carbons (Fsp3) is 0.304. The number of hydrogen-bond donors (Lipinski definition) is 1. The summed E-state index contributed by atoms with van der Waals surface area (Å²) in [6.45, 7) is 0. The van der Waals surface area contributed by atoms with Crippen molar-refractivity contribution in [3.63, 3.8) is 0 Å². The zero-order chi connectivity index (χ0) is 23.1. The highest BCUT2D eigenvalue weighted by molar-refractivity contribution is 7.18. The largest absolute Gasteiger partial charge is 0.493 e. The highest BCUT2D eigenvalue weighted by Gasteiger charge is 2.24. The molecule has 0 aliphatic heterocycles. The van der Waals surface area contributed by atoms with Gasteiger partial charge < -0.3 is 18.9 Å². The number of nitro benzene ring substituents is 1. The Kier molecular flexibility index (Phi) is 5.37. The first-order chi connectivity index (χ1) is 16.0. The number of aromatic amines is 1. The summed E-state index contributed by atoms with van der Waals surface area (Å²) in [6.07, 6.45) is 5.27. The number of nitrogens with zero attached hydrogens (tertiary/aromatic N) is 2. The molecule has 3 heterocycles. The Balaban J connectivity index is 1.57. The molecule has 5 rings (SSSR count). The lowest BCUT2D eigenvalue weighted by molar-refractivity contribution is -0.385. The number of hydrogen-bond acceptors (Lipinski definition) is 8. The van der Waals surface area contributed by atoms with Gasteiger partial charge in [-0.1, -0.05) is 6.42 Å². The lowest BCUT2D eigenvalue weighted by Gasteiger charge is -2.09. The van der Waals surface area contributed by atoms with E-state index in [2.05, 4.69) is 9.97 Å². The van der Waals surface area contributed by atoms with Gasteiger partial charge in [0.2, 0.25) is 5.75 Å². The molecule has 0 saturated heterocycles. The molecule has 0 saturated carbocycles. The van der Waals surface area contributed by atoms with Gasteiger partial charge in [0.15, 0.2) is 17.3 Å². The molecule has 0 unspecified atom stereocenters. The Hall–Kier alpha value is -3.66. The van der Waals surface area contributed by atoms with Gasteiger partial charge in [-0.05, 0) is 49.4 Å². The van der Waals surface area contributed by atoms with Gasteiger partial charge in [0.05, 0.1) is 24.5 Å². The number of fused-ring (bicyclic) bond motifs is 3. The molecule has 9 nitrogen and oxygen atoms in total. The van der Waals surface area contributed by atoms with Crippen molar-refractivity contribution in [1.82, 2.24) is 9.97 Å². The van der Waals surface area contributed by atoms with Gasteiger partial charge >= 0.3 is 5.69 Å². The summed E-state index contributed by atoms with van der Waals surface area (Å²) in [5.74, 6) is 1.31. The van der Waals surface area contributed by atoms with E-state index in [4.69, 9.17) is 13.9 Å². The van der Waals surface area contributed by atoms with Crippen molar-refractivity contribution in [3.8, 4) is 34.4 Å². The molecule has 0 radical (unpaired) electrons. The second-order valence-electron chi connectivity index (χ2n) is 7.81. The molecule has 1 aliphatic carbocycles. The van der Waals surface area contributed by atoms with Gasteiger partial charge in [-0.25, -0.2) is 4.98 Å². The van der Waals surface area contributed by atoms with Crippen LogP contribution in [0.15, 0.2) is 33.5 Å². The summed E-state index contributed by atoms with van der Waals surface area (Å²) in [6, 6.07) is 6.32. The molecule has 170 valence electrons. The molecule has 0 amide bonds. The van der Waals surface area contributed by atoms with Crippen molar-refractivity contribution in [2.45, 2.75) is 32.1 Å². The molecule has 33 heavy (non-hydrogen) atoms. The number of aromatic nitrogens is 2. The number of furan rings is 1. The van der Waals surface area contributed by atoms with Crippen molar-refractivity contribution >= 4 is 27.2 Å². The van der Waals surface area contributed by atoms with Gasteiger partial charge in [0.1, 0.15) is 10.6 Å². The Morgan fingerprint density at radius 2 is 1.91 bits per heavy atom. The van der Waals surface area contributed by atoms with Gasteiger partial charge in [-0.2, -0.15) is 0 Å². The molecular formula is C23H21N3O6S. The number of H-pyrrole nitrogens is 1. The maximum atomic E-state index is 12.9. The highest BCUT2D eigenvalue weighted by Crippen LogP contribution is 2.42. The third-order valence-electron chi connectivity index (χ3n) is 5.85. The molecule has 0 bridgehead atoms. The summed E-state index contributed by atoms with van der Waals surface area (Å²) >= 11 is 1.58. The standard InChI is InChI=1S/C23H21N3O6S/c1-30-17-11-12(10-14(26(28)29)20(17)31-2)15-8-9-16(32-15)21-24-22(27)19-13-6-4-3-5-7-18(13)33-23(19)25-21/h8-11H,3-7H2,1-2H3,(H,24,25,27). The van der Waals surface area contributed by atoms with E-state index < -0.39 is 4.92 Å². The Labute approximate surface area is 192 Å². The predicted molar refractivity (Wildman–Crippen MR) is 124 cm³/mol. The van der Waals surface area contributed by atoms with Crippen LogP contribution in [0.25, 0.3) is 33.1 Å². The van der Waals surface area contributed by atoms with Crippen LogP contribution in [0.2, 0.25) is 0 Å². The number of thiophene rings is 1. The van der Waals surface area contributed by atoms with E-state index in [0.29, 0.717) is 33.1 Å². The second kappa shape index (κ2) is 8.36. The maximum Gasteiger partial charge on any atom is 0.315 e. The average Bonchev–Trinajstić information content (AvgIpc) is 3.37. The smallest absolute Gasteiger partial charge is 0.315 e. The zero-order valence-electron chi connectivity index (χ0n) is 18.1. The highest BCUT2D eigenvalue weighted by atomic mass is 32.1. The molecule has 1 aliphatic rings. The maximum absolute atomic E-state index is 12.9. The van der Waals surface area contributed by atoms with Crippen molar-refractivity contribution in [2.75, 3.05) is 14.2 Å². The first-order valence-corrected chi connectivity index (χ1v) is 11.4. The lowest BCUT2D eigenvalue weighted by atomic mass is 10.1. The van der Waals surface area contributed by atoms with E-state index in [1.54, 1.807) is 29.5 Å². The normalized spacial score (nSPS) is 13.5. The predicted octanol–water partition coefficient (Wildman–Crippen LogP) is 5.11. The molecular weight excluding hydrogens is 446 g/mol. The van der Waals surface area contributed by atoms with Crippen LogP contribution < -0.4 is 15.0 Å². The SMILES string of the molecule is COc1cc(-c2ccc(-c3nc4sc5c(c4c(=O)[nH]3)CCCCC5)o2)cc([N+](=O)[O-])c1OC.